The summed E-state index contributed by atoms with van der Waals surface area (Å²) in [6.45, 7) is 8.44. The lowest BCUT2D eigenvalue weighted by atomic mass is 10.1. The summed E-state index contributed by atoms with van der Waals surface area (Å²) in [5.74, 6) is 1.22. The molecule has 1 aromatic carbocycles. The van der Waals surface area contributed by atoms with E-state index in [0.29, 0.717) is 0 Å². The predicted octanol–water partition coefficient (Wildman–Crippen LogP) is 4.23. The van der Waals surface area contributed by atoms with Crippen LogP contribution in [0.15, 0.2) is 42.6 Å². The highest BCUT2D eigenvalue weighted by Gasteiger charge is 2.19. The Morgan fingerprint density at radius 2 is 1.77 bits per heavy atom. The number of pyridine rings is 1. The predicted molar refractivity (Wildman–Crippen MR) is 90.4 cm³/mol. The molecule has 0 aliphatic carbocycles. The van der Waals surface area contributed by atoms with Gasteiger partial charge in [-0.15, -0.1) is 0 Å². The minimum Gasteiger partial charge on any atom is -0.508 e. The molecule has 0 saturated heterocycles. The van der Waals surface area contributed by atoms with E-state index in [1.54, 1.807) is 12.1 Å². The van der Waals surface area contributed by atoms with Crippen LogP contribution in [0, 0.1) is 6.92 Å². The molecular formula is C18H21N3O. The van der Waals surface area contributed by atoms with Crippen LogP contribution >= 0.6 is 0 Å². The van der Waals surface area contributed by atoms with E-state index in [9.17, 15) is 5.11 Å². The van der Waals surface area contributed by atoms with Crippen molar-refractivity contribution in [1.82, 2.24) is 9.38 Å². The second-order valence-corrected chi connectivity index (χ2v) is 6.66. The number of nitrogens with one attached hydrogen (secondary N) is 1. The third-order valence-electron chi connectivity index (χ3n) is 3.42. The van der Waals surface area contributed by atoms with Crippen molar-refractivity contribution >= 4 is 11.5 Å². The molecule has 22 heavy (non-hydrogen) atoms. The van der Waals surface area contributed by atoms with Crippen LogP contribution in [0.4, 0.5) is 5.82 Å². The number of hydrogen-bond donors (Lipinski definition) is 2. The van der Waals surface area contributed by atoms with Gasteiger partial charge in [-0.3, -0.25) is 4.40 Å². The van der Waals surface area contributed by atoms with Gasteiger partial charge in [0.2, 0.25) is 0 Å². The number of phenolic OH excluding ortho intramolecular Hbond substituents is 1. The van der Waals surface area contributed by atoms with Crippen molar-refractivity contribution in [3.8, 4) is 17.0 Å². The van der Waals surface area contributed by atoms with Crippen molar-refractivity contribution in [2.75, 3.05) is 5.32 Å². The smallest absolute Gasteiger partial charge is 0.139 e. The Bertz CT molecular complexity index is 811. The van der Waals surface area contributed by atoms with Gasteiger partial charge in [-0.05, 0) is 69.7 Å². The first-order valence-corrected chi connectivity index (χ1v) is 7.40. The van der Waals surface area contributed by atoms with E-state index in [2.05, 4.69) is 49.5 Å². The molecule has 0 atom stereocenters. The molecule has 2 heterocycles. The summed E-state index contributed by atoms with van der Waals surface area (Å²) in [4.78, 5) is 4.78. The third-order valence-corrected chi connectivity index (χ3v) is 3.42. The SMILES string of the molecule is Cc1ccn2c(NC(C)(C)C)c(-c3ccc(O)cc3)nc2c1. The van der Waals surface area contributed by atoms with E-state index in [-0.39, 0.29) is 11.3 Å². The molecular weight excluding hydrogens is 274 g/mol. The van der Waals surface area contributed by atoms with Crippen LogP contribution in [-0.2, 0) is 0 Å². The number of aromatic hydroxyl groups is 1. The Balaban J connectivity index is 2.23. The van der Waals surface area contributed by atoms with E-state index in [1.807, 2.05) is 18.3 Å². The monoisotopic (exact) mass is 295 g/mol. The molecule has 0 unspecified atom stereocenters. The Labute approximate surface area is 130 Å². The Morgan fingerprint density at radius 1 is 1.09 bits per heavy atom. The standard InChI is InChI=1S/C18H21N3O/c1-12-9-10-21-15(11-12)19-16(17(21)20-18(2,3)4)13-5-7-14(22)8-6-13/h5-11,20,22H,1-4H3. The van der Waals surface area contributed by atoms with Gasteiger partial charge in [-0.25, -0.2) is 4.98 Å². The van der Waals surface area contributed by atoms with Gasteiger partial charge in [0.05, 0.1) is 0 Å². The molecule has 0 radical (unpaired) electrons. The van der Waals surface area contributed by atoms with Crippen LogP contribution in [0.25, 0.3) is 16.9 Å². The van der Waals surface area contributed by atoms with Crippen molar-refractivity contribution in [3.63, 3.8) is 0 Å². The molecule has 2 aromatic heterocycles. The number of fused-ring (bicyclic) bond motifs is 1. The fourth-order valence-corrected chi connectivity index (χ4v) is 2.44. The highest BCUT2D eigenvalue weighted by molar-refractivity contribution is 5.77. The Morgan fingerprint density at radius 3 is 2.41 bits per heavy atom. The maximum atomic E-state index is 9.49. The van der Waals surface area contributed by atoms with Crippen molar-refractivity contribution in [2.45, 2.75) is 33.2 Å². The fraction of sp³-hybridized carbons (Fsp3) is 0.278. The molecule has 0 saturated carbocycles. The number of rotatable bonds is 2. The molecule has 114 valence electrons. The first-order valence-electron chi connectivity index (χ1n) is 7.40. The van der Waals surface area contributed by atoms with E-state index >= 15 is 0 Å². The van der Waals surface area contributed by atoms with Gasteiger partial charge in [-0.1, -0.05) is 0 Å². The Hall–Kier alpha value is -2.49. The van der Waals surface area contributed by atoms with Gasteiger partial charge in [-0.2, -0.15) is 0 Å². The number of anilines is 1. The molecule has 0 spiro atoms. The lowest BCUT2D eigenvalue weighted by molar-refractivity contribution is 0.475. The molecule has 3 aromatic rings. The maximum absolute atomic E-state index is 9.49. The van der Waals surface area contributed by atoms with Gasteiger partial charge < -0.3 is 10.4 Å². The summed E-state index contributed by atoms with van der Waals surface area (Å²) in [7, 11) is 0. The van der Waals surface area contributed by atoms with Crippen LogP contribution in [0.2, 0.25) is 0 Å². The van der Waals surface area contributed by atoms with Crippen molar-refractivity contribution in [2.24, 2.45) is 0 Å². The van der Waals surface area contributed by atoms with E-state index < -0.39 is 0 Å². The quantitative estimate of drug-likeness (QED) is 0.744. The summed E-state index contributed by atoms with van der Waals surface area (Å²) in [5, 5.41) is 13.0. The fourth-order valence-electron chi connectivity index (χ4n) is 2.44. The zero-order valence-corrected chi connectivity index (χ0v) is 13.4. The number of hydrogen-bond acceptors (Lipinski definition) is 3. The van der Waals surface area contributed by atoms with Gasteiger partial charge in [0.15, 0.2) is 0 Å². The third kappa shape index (κ3) is 2.77. The van der Waals surface area contributed by atoms with Crippen molar-refractivity contribution in [1.29, 1.82) is 0 Å². The van der Waals surface area contributed by atoms with E-state index in [4.69, 9.17) is 4.98 Å². The molecule has 0 amide bonds. The van der Waals surface area contributed by atoms with Gasteiger partial charge in [0.25, 0.3) is 0 Å². The van der Waals surface area contributed by atoms with Crippen molar-refractivity contribution in [3.05, 3.63) is 48.2 Å². The van der Waals surface area contributed by atoms with Crippen LogP contribution in [0.5, 0.6) is 5.75 Å². The van der Waals surface area contributed by atoms with Gasteiger partial charge in [0.1, 0.15) is 22.9 Å². The van der Waals surface area contributed by atoms with Crippen molar-refractivity contribution < 1.29 is 5.11 Å². The first kappa shape index (κ1) is 14.4. The summed E-state index contributed by atoms with van der Waals surface area (Å²) in [5.41, 5.74) is 3.88. The minimum atomic E-state index is -0.0769. The lowest BCUT2D eigenvalue weighted by Gasteiger charge is -2.22. The average molecular weight is 295 g/mol. The molecule has 4 nitrogen and oxygen atoms in total. The molecule has 0 aliphatic rings. The van der Waals surface area contributed by atoms with E-state index in [0.717, 1.165) is 22.7 Å². The molecule has 4 heteroatoms. The lowest BCUT2D eigenvalue weighted by Crippen LogP contribution is -2.27. The minimum absolute atomic E-state index is 0.0769. The zero-order chi connectivity index (χ0) is 15.9. The summed E-state index contributed by atoms with van der Waals surface area (Å²) in [6.07, 6.45) is 2.04. The summed E-state index contributed by atoms with van der Waals surface area (Å²) in [6, 6.07) is 11.3. The number of aromatic nitrogens is 2. The summed E-state index contributed by atoms with van der Waals surface area (Å²) < 4.78 is 2.07. The van der Waals surface area contributed by atoms with Gasteiger partial charge >= 0.3 is 0 Å². The second kappa shape index (κ2) is 5.05. The number of nitrogens with zero attached hydrogens (tertiary/aromatic N) is 2. The molecule has 3 rings (SSSR count). The normalized spacial score (nSPS) is 11.8. The average Bonchev–Trinajstić information content (AvgIpc) is 2.75. The molecule has 0 bridgehead atoms. The topological polar surface area (TPSA) is 49.6 Å². The summed E-state index contributed by atoms with van der Waals surface area (Å²) >= 11 is 0. The number of benzene rings is 1. The molecule has 2 N–H and O–H groups in total. The largest absolute Gasteiger partial charge is 0.508 e. The molecule has 0 aliphatic heterocycles. The van der Waals surface area contributed by atoms with Crippen LogP contribution in [-0.4, -0.2) is 20.0 Å². The van der Waals surface area contributed by atoms with Gasteiger partial charge in [0, 0.05) is 17.3 Å². The van der Waals surface area contributed by atoms with Crippen LogP contribution < -0.4 is 5.32 Å². The van der Waals surface area contributed by atoms with Crippen LogP contribution in [0.3, 0.4) is 0 Å². The Kier molecular flexibility index (Phi) is 3.32. The van der Waals surface area contributed by atoms with Crippen LogP contribution in [0.1, 0.15) is 26.3 Å². The highest BCUT2D eigenvalue weighted by Crippen LogP contribution is 2.31. The second-order valence-electron chi connectivity index (χ2n) is 6.66. The highest BCUT2D eigenvalue weighted by atomic mass is 16.3. The molecule has 0 fully saturated rings. The zero-order valence-electron chi connectivity index (χ0n) is 13.4. The first-order chi connectivity index (χ1) is 10.3. The number of phenols is 1. The number of aryl methyl sites for hydroxylation is 1. The maximum Gasteiger partial charge on any atom is 0.139 e. The number of imidazole rings is 1. The van der Waals surface area contributed by atoms with E-state index in [1.165, 1.54) is 5.56 Å².